The normalized spacial score (nSPS) is 13.1. The number of thiazole rings is 1. The van der Waals surface area contributed by atoms with E-state index < -0.39 is 11.9 Å². The third kappa shape index (κ3) is 3.70. The third-order valence-corrected chi connectivity index (χ3v) is 3.76. The Balaban J connectivity index is 2.87. The summed E-state index contributed by atoms with van der Waals surface area (Å²) in [5.74, 6) is -0.749. The maximum Gasteiger partial charge on any atom is 0.308 e. The zero-order valence-electron chi connectivity index (χ0n) is 11.7. The summed E-state index contributed by atoms with van der Waals surface area (Å²) in [6, 6.07) is 0.248. The van der Waals surface area contributed by atoms with Gasteiger partial charge in [0, 0.05) is 18.0 Å². The number of carboxylic acid groups (broad SMARTS) is 1. The van der Waals surface area contributed by atoms with Gasteiger partial charge in [-0.2, -0.15) is 0 Å². The first-order valence-electron chi connectivity index (χ1n) is 6.27. The first-order valence-corrected chi connectivity index (χ1v) is 7.15. The van der Waals surface area contributed by atoms with Crippen molar-refractivity contribution < 1.29 is 9.90 Å². The van der Waals surface area contributed by atoms with Crippen molar-refractivity contribution in [2.24, 2.45) is 5.92 Å². The molecule has 0 aliphatic carbocycles. The maximum absolute atomic E-state index is 11.0. The summed E-state index contributed by atoms with van der Waals surface area (Å²) >= 11 is 1.59. The monoisotopic (exact) mass is 270 g/mol. The lowest BCUT2D eigenvalue weighted by Crippen LogP contribution is -2.37. The molecule has 1 aromatic rings. The molecule has 102 valence electrons. The molecule has 0 spiro atoms. The van der Waals surface area contributed by atoms with E-state index in [0.717, 1.165) is 10.8 Å². The van der Waals surface area contributed by atoms with Gasteiger partial charge < -0.3 is 10.0 Å². The van der Waals surface area contributed by atoms with Crippen molar-refractivity contribution >= 4 is 22.4 Å². The molecule has 0 saturated carbocycles. The van der Waals surface area contributed by atoms with E-state index in [0.29, 0.717) is 12.5 Å². The van der Waals surface area contributed by atoms with Crippen LogP contribution in [-0.2, 0) is 4.79 Å². The number of aromatic nitrogens is 1. The van der Waals surface area contributed by atoms with Gasteiger partial charge in [0.25, 0.3) is 0 Å². The quantitative estimate of drug-likeness (QED) is 0.862. The van der Waals surface area contributed by atoms with Gasteiger partial charge in [0.1, 0.15) is 0 Å². The van der Waals surface area contributed by atoms with Gasteiger partial charge in [-0.3, -0.25) is 4.79 Å². The fourth-order valence-corrected chi connectivity index (χ4v) is 2.69. The lowest BCUT2D eigenvalue weighted by Gasteiger charge is -2.27. The summed E-state index contributed by atoms with van der Waals surface area (Å²) in [5, 5.41) is 12.0. The SMILES string of the molecule is CC(CN(c1nc(C(C)C)cs1)C(C)C)C(=O)O. The van der Waals surface area contributed by atoms with Crippen LogP contribution in [0, 0.1) is 5.92 Å². The van der Waals surface area contributed by atoms with Gasteiger partial charge in [0.15, 0.2) is 5.13 Å². The van der Waals surface area contributed by atoms with Gasteiger partial charge in [0.2, 0.25) is 0 Å². The van der Waals surface area contributed by atoms with Crippen LogP contribution in [0.1, 0.15) is 46.2 Å². The van der Waals surface area contributed by atoms with E-state index in [1.165, 1.54) is 0 Å². The zero-order valence-corrected chi connectivity index (χ0v) is 12.5. The molecule has 4 nitrogen and oxygen atoms in total. The third-order valence-electron chi connectivity index (χ3n) is 2.86. The van der Waals surface area contributed by atoms with Gasteiger partial charge in [-0.05, 0) is 19.8 Å². The summed E-state index contributed by atoms with van der Waals surface area (Å²) < 4.78 is 0. The molecule has 0 fully saturated rings. The largest absolute Gasteiger partial charge is 0.481 e. The lowest BCUT2D eigenvalue weighted by molar-refractivity contribution is -0.140. The van der Waals surface area contributed by atoms with Gasteiger partial charge in [0.05, 0.1) is 11.6 Å². The Morgan fingerprint density at radius 2 is 2.00 bits per heavy atom. The van der Waals surface area contributed by atoms with Crippen molar-refractivity contribution in [1.82, 2.24) is 4.98 Å². The molecule has 1 atom stereocenters. The lowest BCUT2D eigenvalue weighted by atomic mass is 10.1. The number of carbonyl (C=O) groups is 1. The van der Waals surface area contributed by atoms with E-state index >= 15 is 0 Å². The maximum atomic E-state index is 11.0. The Kier molecular flexibility index (Phi) is 5.14. The van der Waals surface area contributed by atoms with Crippen LogP contribution in [0.2, 0.25) is 0 Å². The fourth-order valence-electron chi connectivity index (χ4n) is 1.56. The fraction of sp³-hybridized carbons (Fsp3) is 0.692. The van der Waals surface area contributed by atoms with Gasteiger partial charge in [-0.25, -0.2) is 4.98 Å². The second-order valence-corrected chi connectivity index (χ2v) is 6.03. The Morgan fingerprint density at radius 1 is 1.39 bits per heavy atom. The van der Waals surface area contributed by atoms with Crippen LogP contribution in [0.4, 0.5) is 5.13 Å². The number of hydrogen-bond donors (Lipinski definition) is 1. The van der Waals surface area contributed by atoms with Crippen molar-refractivity contribution in [3.05, 3.63) is 11.1 Å². The topological polar surface area (TPSA) is 53.4 Å². The molecule has 1 unspecified atom stereocenters. The second-order valence-electron chi connectivity index (χ2n) is 5.20. The summed E-state index contributed by atoms with van der Waals surface area (Å²) in [6.07, 6.45) is 0. The molecule has 0 aliphatic rings. The van der Waals surface area contributed by atoms with Crippen LogP contribution in [0.3, 0.4) is 0 Å². The Morgan fingerprint density at radius 3 is 2.39 bits per heavy atom. The molecule has 0 radical (unpaired) electrons. The average Bonchev–Trinajstić information content (AvgIpc) is 2.73. The van der Waals surface area contributed by atoms with E-state index in [1.54, 1.807) is 18.3 Å². The Bertz CT molecular complexity index is 401. The molecule has 0 aliphatic heterocycles. The Labute approximate surface area is 113 Å². The van der Waals surface area contributed by atoms with Crippen molar-refractivity contribution in [2.75, 3.05) is 11.4 Å². The van der Waals surface area contributed by atoms with Gasteiger partial charge in [-0.1, -0.05) is 20.8 Å². The van der Waals surface area contributed by atoms with Crippen LogP contribution in [-0.4, -0.2) is 28.6 Å². The highest BCUT2D eigenvalue weighted by molar-refractivity contribution is 7.13. The highest BCUT2D eigenvalue weighted by Gasteiger charge is 2.21. The van der Waals surface area contributed by atoms with Gasteiger partial charge in [-0.15, -0.1) is 11.3 Å². The minimum absolute atomic E-state index is 0.248. The first kappa shape index (κ1) is 15.0. The molecule has 0 bridgehead atoms. The zero-order chi connectivity index (χ0) is 13.9. The molecule has 0 saturated heterocycles. The van der Waals surface area contributed by atoms with Crippen molar-refractivity contribution in [3.63, 3.8) is 0 Å². The summed E-state index contributed by atoms with van der Waals surface area (Å²) in [4.78, 5) is 17.6. The number of rotatable bonds is 6. The molecule has 0 aromatic carbocycles. The van der Waals surface area contributed by atoms with E-state index in [1.807, 2.05) is 0 Å². The minimum atomic E-state index is -0.763. The first-order chi connectivity index (χ1) is 8.32. The van der Waals surface area contributed by atoms with Crippen LogP contribution in [0.15, 0.2) is 5.38 Å². The van der Waals surface area contributed by atoms with Crippen molar-refractivity contribution in [3.8, 4) is 0 Å². The molecule has 0 amide bonds. The van der Waals surface area contributed by atoms with Crippen LogP contribution < -0.4 is 4.90 Å². The number of carboxylic acids is 1. The summed E-state index contributed by atoms with van der Waals surface area (Å²) in [6.45, 7) is 10.6. The van der Waals surface area contributed by atoms with Crippen molar-refractivity contribution in [2.45, 2.75) is 46.6 Å². The standard InChI is InChI=1S/C13H22N2O2S/c1-8(2)11-7-18-13(14-11)15(9(3)4)6-10(5)12(16)17/h7-10H,6H2,1-5H3,(H,16,17). The molecule has 18 heavy (non-hydrogen) atoms. The summed E-state index contributed by atoms with van der Waals surface area (Å²) in [5.41, 5.74) is 1.07. The molecule has 1 aromatic heterocycles. The van der Waals surface area contributed by atoms with Gasteiger partial charge >= 0.3 is 5.97 Å². The van der Waals surface area contributed by atoms with E-state index in [2.05, 4.69) is 43.0 Å². The number of anilines is 1. The molecule has 1 N–H and O–H groups in total. The molecule has 1 heterocycles. The highest BCUT2D eigenvalue weighted by Crippen LogP contribution is 2.26. The molecular formula is C13H22N2O2S. The second kappa shape index (κ2) is 6.18. The van der Waals surface area contributed by atoms with Crippen LogP contribution in [0.5, 0.6) is 0 Å². The highest BCUT2D eigenvalue weighted by atomic mass is 32.1. The van der Waals surface area contributed by atoms with E-state index in [4.69, 9.17) is 5.11 Å². The van der Waals surface area contributed by atoms with E-state index in [-0.39, 0.29) is 6.04 Å². The Hall–Kier alpha value is -1.10. The smallest absolute Gasteiger partial charge is 0.308 e. The average molecular weight is 270 g/mol. The number of aliphatic carboxylic acids is 1. The van der Waals surface area contributed by atoms with Crippen LogP contribution >= 0.6 is 11.3 Å². The minimum Gasteiger partial charge on any atom is -0.481 e. The van der Waals surface area contributed by atoms with E-state index in [9.17, 15) is 4.79 Å². The predicted octanol–water partition coefficient (Wildman–Crippen LogP) is 3.20. The van der Waals surface area contributed by atoms with Crippen molar-refractivity contribution in [1.29, 1.82) is 0 Å². The number of hydrogen-bond acceptors (Lipinski definition) is 4. The predicted molar refractivity (Wildman–Crippen MR) is 75.5 cm³/mol. The molecule has 5 heteroatoms. The summed E-state index contributed by atoms with van der Waals surface area (Å²) in [7, 11) is 0. The number of nitrogens with zero attached hydrogens (tertiary/aromatic N) is 2. The molecular weight excluding hydrogens is 248 g/mol. The molecule has 1 rings (SSSR count). The van der Waals surface area contributed by atoms with Crippen LogP contribution in [0.25, 0.3) is 0 Å².